The first-order valence-corrected chi connectivity index (χ1v) is 7.86. The molecule has 22 heavy (non-hydrogen) atoms. The van der Waals surface area contributed by atoms with Gasteiger partial charge in [-0.3, -0.25) is 14.3 Å². The molecule has 1 aromatic rings. The SMILES string of the molecule is CCn1ccc(C(=O)N2CC[C@H](O)[C@@]3(CCCNC3=O)C2)n1. The van der Waals surface area contributed by atoms with Crippen LogP contribution in [0, 0.1) is 5.41 Å². The highest BCUT2D eigenvalue weighted by Crippen LogP contribution is 2.37. The third-order valence-electron chi connectivity index (χ3n) is 4.79. The van der Waals surface area contributed by atoms with E-state index in [4.69, 9.17) is 0 Å². The van der Waals surface area contributed by atoms with Gasteiger partial charge >= 0.3 is 0 Å². The van der Waals surface area contributed by atoms with Crippen molar-refractivity contribution in [3.63, 3.8) is 0 Å². The van der Waals surface area contributed by atoms with Crippen LogP contribution < -0.4 is 5.32 Å². The predicted octanol–water partition coefficient (Wildman–Crippen LogP) is 0.00620. The quantitative estimate of drug-likeness (QED) is 0.805. The monoisotopic (exact) mass is 306 g/mol. The van der Waals surface area contributed by atoms with Crippen molar-refractivity contribution in [3.8, 4) is 0 Å². The number of aromatic nitrogens is 2. The van der Waals surface area contributed by atoms with E-state index < -0.39 is 11.5 Å². The third-order valence-corrected chi connectivity index (χ3v) is 4.79. The van der Waals surface area contributed by atoms with Crippen LogP contribution in [0.5, 0.6) is 0 Å². The Balaban J connectivity index is 1.80. The summed E-state index contributed by atoms with van der Waals surface area (Å²) >= 11 is 0. The van der Waals surface area contributed by atoms with Crippen molar-refractivity contribution in [1.82, 2.24) is 20.0 Å². The lowest BCUT2D eigenvalue weighted by atomic mass is 9.71. The number of likely N-dealkylation sites (tertiary alicyclic amines) is 1. The number of rotatable bonds is 2. The number of aryl methyl sites for hydroxylation is 1. The Morgan fingerprint density at radius 1 is 1.59 bits per heavy atom. The van der Waals surface area contributed by atoms with Crippen LogP contribution in [0.25, 0.3) is 0 Å². The van der Waals surface area contributed by atoms with E-state index >= 15 is 0 Å². The average molecular weight is 306 g/mol. The van der Waals surface area contributed by atoms with E-state index in [-0.39, 0.29) is 18.4 Å². The number of nitrogens with zero attached hydrogens (tertiary/aromatic N) is 3. The number of piperidine rings is 2. The van der Waals surface area contributed by atoms with Gasteiger partial charge in [-0.05, 0) is 32.3 Å². The van der Waals surface area contributed by atoms with Crippen LogP contribution in [0.2, 0.25) is 0 Å². The fraction of sp³-hybridized carbons (Fsp3) is 0.667. The highest BCUT2D eigenvalue weighted by molar-refractivity contribution is 5.93. The van der Waals surface area contributed by atoms with Crippen LogP contribution in [-0.4, -0.2) is 57.3 Å². The van der Waals surface area contributed by atoms with Gasteiger partial charge in [-0.15, -0.1) is 0 Å². The number of carbonyl (C=O) groups excluding carboxylic acids is 2. The average Bonchev–Trinajstić information content (AvgIpc) is 3.01. The maximum Gasteiger partial charge on any atom is 0.274 e. The number of hydrogen-bond acceptors (Lipinski definition) is 4. The Bertz CT molecular complexity index is 585. The Morgan fingerprint density at radius 2 is 2.41 bits per heavy atom. The summed E-state index contributed by atoms with van der Waals surface area (Å²) in [7, 11) is 0. The largest absolute Gasteiger partial charge is 0.392 e. The van der Waals surface area contributed by atoms with Gasteiger partial charge in [-0.2, -0.15) is 5.10 Å². The van der Waals surface area contributed by atoms with Gasteiger partial charge in [-0.25, -0.2) is 0 Å². The van der Waals surface area contributed by atoms with Crippen LogP contribution in [0.1, 0.15) is 36.7 Å². The number of aliphatic hydroxyl groups is 1. The summed E-state index contributed by atoms with van der Waals surface area (Å²) in [5.74, 6) is -0.306. The van der Waals surface area contributed by atoms with Gasteiger partial charge in [0.15, 0.2) is 0 Å². The Labute approximate surface area is 129 Å². The van der Waals surface area contributed by atoms with Crippen molar-refractivity contribution in [3.05, 3.63) is 18.0 Å². The highest BCUT2D eigenvalue weighted by Gasteiger charge is 2.50. The second-order valence-corrected chi connectivity index (χ2v) is 6.10. The Kier molecular flexibility index (Phi) is 3.90. The number of amides is 2. The fourth-order valence-electron chi connectivity index (χ4n) is 3.43. The number of aliphatic hydroxyl groups excluding tert-OH is 1. The molecule has 2 amide bonds. The molecule has 7 heteroatoms. The molecule has 120 valence electrons. The second-order valence-electron chi connectivity index (χ2n) is 6.10. The van der Waals surface area contributed by atoms with E-state index in [0.717, 1.165) is 6.42 Å². The van der Waals surface area contributed by atoms with Gasteiger partial charge in [0.1, 0.15) is 5.69 Å². The van der Waals surface area contributed by atoms with E-state index in [1.54, 1.807) is 21.8 Å². The predicted molar refractivity (Wildman–Crippen MR) is 79.1 cm³/mol. The first-order chi connectivity index (χ1) is 10.6. The van der Waals surface area contributed by atoms with Crippen LogP contribution in [-0.2, 0) is 11.3 Å². The standard InChI is InChI=1S/C15H22N4O3/c1-2-19-9-4-11(17-19)13(21)18-8-5-12(20)15(10-18)6-3-7-16-14(15)22/h4,9,12,20H,2-3,5-8,10H2,1H3,(H,16,22)/t12-,15+/m0/s1. The smallest absolute Gasteiger partial charge is 0.274 e. The van der Waals surface area contributed by atoms with Crippen molar-refractivity contribution in [2.75, 3.05) is 19.6 Å². The molecular formula is C15H22N4O3. The molecule has 2 saturated heterocycles. The number of carbonyl (C=O) groups is 2. The first kappa shape index (κ1) is 15.0. The summed E-state index contributed by atoms with van der Waals surface area (Å²) in [5, 5.41) is 17.4. The van der Waals surface area contributed by atoms with Crippen LogP contribution >= 0.6 is 0 Å². The van der Waals surface area contributed by atoms with E-state index in [1.807, 2.05) is 6.92 Å². The van der Waals surface area contributed by atoms with Gasteiger partial charge in [0, 0.05) is 32.4 Å². The Morgan fingerprint density at radius 3 is 3.09 bits per heavy atom. The molecule has 0 radical (unpaired) electrons. The minimum absolute atomic E-state index is 0.136. The summed E-state index contributed by atoms with van der Waals surface area (Å²) in [6.07, 6.45) is 2.95. The highest BCUT2D eigenvalue weighted by atomic mass is 16.3. The Hall–Kier alpha value is -1.89. The molecule has 2 aliphatic rings. The number of hydrogen-bond donors (Lipinski definition) is 2. The zero-order valence-electron chi connectivity index (χ0n) is 12.8. The van der Waals surface area contributed by atoms with E-state index in [0.29, 0.717) is 38.2 Å². The lowest BCUT2D eigenvalue weighted by molar-refractivity contribution is -0.147. The van der Waals surface area contributed by atoms with E-state index in [1.165, 1.54) is 0 Å². The van der Waals surface area contributed by atoms with Gasteiger partial charge in [-0.1, -0.05) is 0 Å². The maximum absolute atomic E-state index is 12.6. The fourth-order valence-corrected chi connectivity index (χ4v) is 3.43. The molecule has 2 fully saturated rings. The minimum Gasteiger partial charge on any atom is -0.392 e. The normalized spacial score (nSPS) is 28.7. The molecule has 0 bridgehead atoms. The molecule has 3 rings (SSSR count). The van der Waals surface area contributed by atoms with Gasteiger partial charge in [0.25, 0.3) is 5.91 Å². The van der Waals surface area contributed by atoms with Crippen molar-refractivity contribution in [2.24, 2.45) is 5.41 Å². The maximum atomic E-state index is 12.6. The van der Waals surface area contributed by atoms with Gasteiger partial charge < -0.3 is 15.3 Å². The lowest BCUT2D eigenvalue weighted by Gasteiger charge is -2.46. The molecular weight excluding hydrogens is 284 g/mol. The zero-order chi connectivity index (χ0) is 15.7. The molecule has 7 nitrogen and oxygen atoms in total. The van der Waals surface area contributed by atoms with E-state index in [9.17, 15) is 14.7 Å². The van der Waals surface area contributed by atoms with E-state index in [2.05, 4.69) is 10.4 Å². The van der Waals surface area contributed by atoms with Gasteiger partial charge in [0.2, 0.25) is 5.91 Å². The van der Waals surface area contributed by atoms with Crippen LogP contribution in [0.3, 0.4) is 0 Å². The first-order valence-electron chi connectivity index (χ1n) is 7.86. The van der Waals surface area contributed by atoms with Crippen molar-refractivity contribution >= 4 is 11.8 Å². The summed E-state index contributed by atoms with van der Waals surface area (Å²) in [6.45, 7) is 4.02. The molecule has 2 atom stereocenters. The van der Waals surface area contributed by atoms with Crippen molar-refractivity contribution in [1.29, 1.82) is 0 Å². The topological polar surface area (TPSA) is 87.5 Å². The van der Waals surface area contributed by atoms with Crippen LogP contribution in [0.4, 0.5) is 0 Å². The number of nitrogens with one attached hydrogen (secondary N) is 1. The summed E-state index contributed by atoms with van der Waals surface area (Å²) in [6, 6.07) is 1.70. The van der Waals surface area contributed by atoms with Crippen molar-refractivity contribution in [2.45, 2.75) is 38.8 Å². The molecule has 0 aliphatic carbocycles. The molecule has 1 aromatic heterocycles. The lowest BCUT2D eigenvalue weighted by Crippen LogP contribution is -2.62. The van der Waals surface area contributed by atoms with Crippen LogP contribution in [0.15, 0.2) is 12.3 Å². The van der Waals surface area contributed by atoms with Gasteiger partial charge in [0.05, 0.1) is 11.5 Å². The minimum atomic E-state index is -0.862. The molecule has 0 saturated carbocycles. The molecule has 0 unspecified atom stereocenters. The second kappa shape index (κ2) is 5.72. The summed E-state index contributed by atoms with van der Waals surface area (Å²) in [4.78, 5) is 26.6. The zero-order valence-corrected chi connectivity index (χ0v) is 12.8. The summed E-state index contributed by atoms with van der Waals surface area (Å²) < 4.78 is 1.70. The summed E-state index contributed by atoms with van der Waals surface area (Å²) in [5.41, 5.74) is -0.468. The molecule has 2 aliphatic heterocycles. The third kappa shape index (κ3) is 2.39. The molecule has 0 aromatic carbocycles. The molecule has 1 spiro atoms. The molecule has 2 N–H and O–H groups in total. The molecule has 3 heterocycles. The van der Waals surface area contributed by atoms with Crippen molar-refractivity contribution < 1.29 is 14.7 Å².